The molecule has 0 aromatic heterocycles. The summed E-state index contributed by atoms with van der Waals surface area (Å²) in [7, 11) is 0. The topological polar surface area (TPSA) is 55.8 Å². The monoisotopic (exact) mass is 536 g/mol. The third-order valence-corrected chi connectivity index (χ3v) is 8.69. The molecule has 1 fully saturated rings. The molecule has 0 radical (unpaired) electrons. The summed E-state index contributed by atoms with van der Waals surface area (Å²) >= 11 is 0. The Kier molecular flexibility index (Phi) is 10.4. The largest absolute Gasteiger partial charge is 0.462 e. The van der Waals surface area contributed by atoms with Gasteiger partial charge in [0.05, 0.1) is 18.6 Å². The van der Waals surface area contributed by atoms with E-state index in [0.717, 1.165) is 44.3 Å². The third-order valence-electron chi connectivity index (χ3n) is 8.69. The van der Waals surface area contributed by atoms with Crippen molar-refractivity contribution in [2.45, 2.75) is 115 Å². The number of rotatable bonds is 12. The molecule has 1 aliphatic carbocycles. The maximum atomic E-state index is 14.3. The Bertz CT molecular complexity index is 1130. The second-order valence-electron chi connectivity index (χ2n) is 11.4. The number of aryl methyl sites for hydroxylation is 1. The van der Waals surface area contributed by atoms with Crippen molar-refractivity contribution in [3.05, 3.63) is 76.6 Å². The molecule has 4 atom stereocenters. The Morgan fingerprint density at radius 1 is 1.08 bits per heavy atom. The molecule has 2 aromatic rings. The lowest BCUT2D eigenvalue weighted by molar-refractivity contribution is -0.160. The summed E-state index contributed by atoms with van der Waals surface area (Å²) in [6.07, 6.45) is 8.26. The van der Waals surface area contributed by atoms with Crippen LogP contribution in [-0.2, 0) is 19.7 Å². The van der Waals surface area contributed by atoms with E-state index in [0.29, 0.717) is 18.4 Å². The van der Waals surface area contributed by atoms with E-state index in [1.165, 1.54) is 36.0 Å². The molecule has 0 spiro atoms. The highest BCUT2D eigenvalue weighted by Crippen LogP contribution is 2.51. The smallest absolute Gasteiger partial charge is 0.308 e. The number of esters is 1. The molecule has 5 heteroatoms. The Balaban J connectivity index is 1.75. The maximum Gasteiger partial charge on any atom is 0.308 e. The van der Waals surface area contributed by atoms with Crippen LogP contribution in [0.25, 0.3) is 5.57 Å². The zero-order valence-corrected chi connectivity index (χ0v) is 23.9. The van der Waals surface area contributed by atoms with E-state index in [4.69, 9.17) is 9.47 Å². The highest BCUT2D eigenvalue weighted by atomic mass is 19.1. The van der Waals surface area contributed by atoms with Gasteiger partial charge in [-0.2, -0.15) is 0 Å². The first-order chi connectivity index (χ1) is 18.9. The number of unbranched alkanes of at least 4 members (excludes halogenated alkanes) is 3. The van der Waals surface area contributed by atoms with E-state index in [9.17, 15) is 14.3 Å². The van der Waals surface area contributed by atoms with Crippen LogP contribution in [0.3, 0.4) is 0 Å². The van der Waals surface area contributed by atoms with Crippen LogP contribution in [0.5, 0.6) is 0 Å². The van der Waals surface area contributed by atoms with Crippen molar-refractivity contribution in [3.8, 4) is 0 Å². The summed E-state index contributed by atoms with van der Waals surface area (Å²) in [6.45, 7) is 7.03. The fourth-order valence-electron chi connectivity index (χ4n) is 6.59. The van der Waals surface area contributed by atoms with Gasteiger partial charge in [-0.15, -0.1) is 0 Å². The number of ether oxygens (including phenoxy) is 2. The van der Waals surface area contributed by atoms with Gasteiger partial charge >= 0.3 is 5.97 Å². The molecule has 0 amide bonds. The Morgan fingerprint density at radius 3 is 2.56 bits per heavy atom. The molecule has 1 N–H and O–H groups in total. The molecule has 4 unspecified atom stereocenters. The normalized spacial score (nSPS) is 25.6. The molecule has 2 aromatic carbocycles. The van der Waals surface area contributed by atoms with Crippen molar-refractivity contribution in [2.24, 2.45) is 0 Å². The lowest BCUT2D eigenvalue weighted by Crippen LogP contribution is -2.39. The molecular formula is C34H45FO4. The van der Waals surface area contributed by atoms with Gasteiger partial charge in [0.15, 0.2) is 0 Å². The van der Waals surface area contributed by atoms with E-state index >= 15 is 0 Å². The molecule has 0 saturated carbocycles. The van der Waals surface area contributed by atoms with Gasteiger partial charge in [-0.25, -0.2) is 4.39 Å². The second-order valence-corrected chi connectivity index (χ2v) is 11.4. The molecule has 0 bridgehead atoms. The minimum atomic E-state index is -0.647. The van der Waals surface area contributed by atoms with Crippen LogP contribution in [0.1, 0.15) is 101 Å². The predicted molar refractivity (Wildman–Crippen MR) is 154 cm³/mol. The van der Waals surface area contributed by atoms with E-state index in [-0.39, 0.29) is 35.8 Å². The highest BCUT2D eigenvalue weighted by molar-refractivity contribution is 5.74. The number of carbonyl (C=O) groups excluding carboxylic acids is 1. The van der Waals surface area contributed by atoms with Crippen LogP contribution in [-0.4, -0.2) is 36.0 Å². The van der Waals surface area contributed by atoms with Crippen LogP contribution < -0.4 is 0 Å². The lowest BCUT2D eigenvalue weighted by atomic mass is 9.61. The molecular weight excluding hydrogens is 491 g/mol. The Hall–Kier alpha value is -2.50. The summed E-state index contributed by atoms with van der Waals surface area (Å²) in [5.41, 5.74) is 5.23. The fraction of sp³-hybridized carbons (Fsp3) is 0.559. The van der Waals surface area contributed by atoms with Gasteiger partial charge in [0.25, 0.3) is 0 Å². The van der Waals surface area contributed by atoms with Crippen LogP contribution in [0.15, 0.2) is 54.1 Å². The lowest BCUT2D eigenvalue weighted by Gasteiger charge is -2.45. The number of aliphatic hydroxyl groups is 1. The van der Waals surface area contributed by atoms with Crippen LogP contribution in [0, 0.1) is 12.7 Å². The molecule has 4 nitrogen and oxygen atoms in total. The number of cyclic esters (lactones) is 1. The van der Waals surface area contributed by atoms with E-state index in [1.54, 1.807) is 6.07 Å². The van der Waals surface area contributed by atoms with Gasteiger partial charge in [0.2, 0.25) is 0 Å². The number of hydrogen-bond acceptors (Lipinski definition) is 4. The average Bonchev–Trinajstić information content (AvgIpc) is 2.93. The summed E-state index contributed by atoms with van der Waals surface area (Å²) in [5, 5.41) is 10.2. The van der Waals surface area contributed by atoms with E-state index in [2.05, 4.69) is 38.1 Å². The Morgan fingerprint density at radius 2 is 1.87 bits per heavy atom. The highest BCUT2D eigenvalue weighted by Gasteiger charge is 2.43. The van der Waals surface area contributed by atoms with Crippen molar-refractivity contribution >= 4 is 11.5 Å². The molecule has 4 rings (SSSR count). The summed E-state index contributed by atoms with van der Waals surface area (Å²) < 4.78 is 26.6. The number of halogens is 1. The van der Waals surface area contributed by atoms with Gasteiger partial charge in [0, 0.05) is 18.4 Å². The first-order valence-corrected chi connectivity index (χ1v) is 14.9. The van der Waals surface area contributed by atoms with Gasteiger partial charge in [-0.3, -0.25) is 4.79 Å². The molecule has 1 aliphatic heterocycles. The van der Waals surface area contributed by atoms with Crippen molar-refractivity contribution in [3.63, 3.8) is 0 Å². The van der Waals surface area contributed by atoms with Gasteiger partial charge in [0.1, 0.15) is 11.9 Å². The second kappa shape index (κ2) is 13.7. The zero-order chi connectivity index (χ0) is 27.8. The minimum absolute atomic E-state index is 0.0604. The number of benzene rings is 2. The first kappa shape index (κ1) is 29.5. The number of carbonyl (C=O) groups is 1. The summed E-state index contributed by atoms with van der Waals surface area (Å²) in [4.78, 5) is 12.1. The SMILES string of the molecule is CCCCCCOC1CC(c2ccc(F)c(C)c2)=C(CCC2CC(O)CC(=O)O2)C(CC)(c2ccccc2)C1. The van der Waals surface area contributed by atoms with Gasteiger partial charge in [-0.05, 0) is 79.8 Å². The number of hydrogen-bond donors (Lipinski definition) is 1. The van der Waals surface area contributed by atoms with Crippen LogP contribution >= 0.6 is 0 Å². The van der Waals surface area contributed by atoms with Gasteiger partial charge in [-0.1, -0.05) is 75.1 Å². The van der Waals surface area contributed by atoms with E-state index < -0.39 is 6.10 Å². The molecule has 212 valence electrons. The van der Waals surface area contributed by atoms with Crippen molar-refractivity contribution < 1.29 is 23.8 Å². The van der Waals surface area contributed by atoms with Crippen molar-refractivity contribution in [1.82, 2.24) is 0 Å². The molecule has 1 heterocycles. The van der Waals surface area contributed by atoms with Crippen LogP contribution in [0.2, 0.25) is 0 Å². The summed E-state index contributed by atoms with van der Waals surface area (Å²) in [5.74, 6) is -0.527. The molecule has 2 aliphatic rings. The Labute approximate surface area is 233 Å². The summed E-state index contributed by atoms with van der Waals surface area (Å²) in [6, 6.07) is 16.1. The predicted octanol–water partition coefficient (Wildman–Crippen LogP) is 7.84. The number of allylic oxidation sites excluding steroid dienone is 1. The van der Waals surface area contributed by atoms with Gasteiger partial charge < -0.3 is 14.6 Å². The maximum absolute atomic E-state index is 14.3. The quantitative estimate of drug-likeness (QED) is 0.222. The van der Waals surface area contributed by atoms with E-state index in [1.807, 2.05) is 25.1 Å². The molecule has 1 saturated heterocycles. The minimum Gasteiger partial charge on any atom is -0.462 e. The average molecular weight is 537 g/mol. The van der Waals surface area contributed by atoms with Crippen molar-refractivity contribution in [1.29, 1.82) is 0 Å². The van der Waals surface area contributed by atoms with Crippen molar-refractivity contribution in [2.75, 3.05) is 6.61 Å². The number of aliphatic hydroxyl groups excluding tert-OH is 1. The first-order valence-electron chi connectivity index (χ1n) is 14.9. The van der Waals surface area contributed by atoms with Crippen LogP contribution in [0.4, 0.5) is 4.39 Å². The zero-order valence-electron chi connectivity index (χ0n) is 23.9. The fourth-order valence-corrected chi connectivity index (χ4v) is 6.59. The standard InChI is InChI=1S/C34H45FO4/c1-4-6-7-11-18-38-29-22-30(25-14-17-32(35)24(3)19-25)31(16-15-28-20-27(36)21-33(37)39-28)34(5-2,23-29)26-12-9-8-10-13-26/h8-10,12-14,17,19,27-29,36H,4-7,11,15-16,18,20-23H2,1-3H3. The molecule has 39 heavy (non-hydrogen) atoms. The third kappa shape index (κ3) is 7.18.